The molecule has 0 saturated heterocycles. The lowest BCUT2D eigenvalue weighted by atomic mass is 10.1. The molecule has 0 aliphatic heterocycles. The van der Waals surface area contributed by atoms with Crippen LogP contribution in [0.2, 0.25) is 0 Å². The zero-order valence-corrected chi connectivity index (χ0v) is 11.9. The van der Waals surface area contributed by atoms with Crippen molar-refractivity contribution < 1.29 is 9.72 Å². The Labute approximate surface area is 125 Å². The van der Waals surface area contributed by atoms with Crippen LogP contribution >= 0.6 is 11.3 Å². The average Bonchev–Trinajstić information content (AvgIpc) is 2.96. The Kier molecular flexibility index (Phi) is 4.96. The van der Waals surface area contributed by atoms with E-state index < -0.39 is 4.92 Å². The number of nitrogens with one attached hydrogen (secondary N) is 1. The van der Waals surface area contributed by atoms with Crippen molar-refractivity contribution in [2.24, 2.45) is 5.73 Å². The van der Waals surface area contributed by atoms with Crippen LogP contribution in [0.25, 0.3) is 0 Å². The minimum Gasteiger partial charge on any atom is -0.350 e. The predicted molar refractivity (Wildman–Crippen MR) is 79.1 cm³/mol. The molecular weight excluding hydrogens is 292 g/mol. The number of nitro groups is 1. The van der Waals surface area contributed by atoms with Gasteiger partial charge in [-0.3, -0.25) is 14.9 Å². The van der Waals surface area contributed by atoms with Crippen molar-refractivity contribution in [1.29, 1.82) is 0 Å². The summed E-state index contributed by atoms with van der Waals surface area (Å²) >= 11 is 1.35. The number of nitrogens with two attached hydrogens (primary N) is 1. The molecular formula is C13H14N4O3S. The van der Waals surface area contributed by atoms with Crippen LogP contribution in [-0.4, -0.2) is 22.4 Å². The first-order chi connectivity index (χ1) is 10.1. The Morgan fingerprint density at radius 1 is 1.38 bits per heavy atom. The maximum Gasteiger partial charge on any atom is 0.270 e. The molecule has 0 fully saturated rings. The van der Waals surface area contributed by atoms with E-state index in [1.807, 2.05) is 0 Å². The van der Waals surface area contributed by atoms with Crippen LogP contribution in [0.4, 0.5) is 5.69 Å². The molecule has 0 saturated carbocycles. The molecule has 2 rings (SSSR count). The van der Waals surface area contributed by atoms with Gasteiger partial charge in [-0.2, -0.15) is 0 Å². The number of non-ortho nitro benzene ring substituents is 1. The fourth-order valence-electron chi connectivity index (χ4n) is 1.70. The number of rotatable bonds is 6. The second-order valence-corrected chi connectivity index (χ2v) is 5.20. The van der Waals surface area contributed by atoms with Crippen LogP contribution in [0.5, 0.6) is 0 Å². The number of carbonyl (C=O) groups excluding carboxylic acids is 1. The van der Waals surface area contributed by atoms with E-state index in [-0.39, 0.29) is 11.6 Å². The maximum absolute atomic E-state index is 11.8. The second kappa shape index (κ2) is 6.91. The summed E-state index contributed by atoms with van der Waals surface area (Å²) in [5.41, 5.74) is 6.78. The summed E-state index contributed by atoms with van der Waals surface area (Å²) in [6, 6.07) is 6.26. The lowest BCUT2D eigenvalue weighted by Gasteiger charge is -2.03. The van der Waals surface area contributed by atoms with E-state index in [0.717, 1.165) is 10.6 Å². The first-order valence-electron chi connectivity index (χ1n) is 6.26. The molecule has 1 amide bonds. The normalized spacial score (nSPS) is 10.3. The summed E-state index contributed by atoms with van der Waals surface area (Å²) in [7, 11) is 0. The van der Waals surface area contributed by atoms with Gasteiger partial charge in [-0.05, 0) is 12.0 Å². The molecule has 7 nitrogen and oxygen atoms in total. The highest BCUT2D eigenvalue weighted by Crippen LogP contribution is 2.12. The highest BCUT2D eigenvalue weighted by atomic mass is 32.1. The van der Waals surface area contributed by atoms with Crippen LogP contribution in [0, 0.1) is 10.1 Å². The second-order valence-electron chi connectivity index (χ2n) is 4.26. The first-order valence-corrected chi connectivity index (χ1v) is 7.14. The van der Waals surface area contributed by atoms with Crippen LogP contribution in [0.1, 0.15) is 21.1 Å². The Bertz CT molecular complexity index is 639. The molecule has 8 heteroatoms. The summed E-state index contributed by atoms with van der Waals surface area (Å²) in [6.07, 6.45) is 0.595. The van der Waals surface area contributed by atoms with Gasteiger partial charge in [0.05, 0.1) is 4.92 Å². The molecule has 3 N–H and O–H groups in total. The van der Waals surface area contributed by atoms with Gasteiger partial charge < -0.3 is 11.1 Å². The molecule has 0 aliphatic rings. The van der Waals surface area contributed by atoms with Gasteiger partial charge in [-0.25, -0.2) is 4.98 Å². The highest BCUT2D eigenvalue weighted by molar-refractivity contribution is 7.09. The molecule has 0 atom stereocenters. The largest absolute Gasteiger partial charge is 0.350 e. The number of hydrogen-bond acceptors (Lipinski definition) is 6. The minimum absolute atomic E-state index is 0.0552. The van der Waals surface area contributed by atoms with Crippen LogP contribution in [-0.2, 0) is 13.0 Å². The van der Waals surface area contributed by atoms with Crippen molar-refractivity contribution in [3.8, 4) is 0 Å². The number of thiazole rings is 1. The topological polar surface area (TPSA) is 111 Å². The lowest BCUT2D eigenvalue weighted by molar-refractivity contribution is -0.384. The molecule has 0 aliphatic carbocycles. The quantitative estimate of drug-likeness (QED) is 0.620. The van der Waals surface area contributed by atoms with Crippen LogP contribution < -0.4 is 11.1 Å². The van der Waals surface area contributed by atoms with Gasteiger partial charge in [0.25, 0.3) is 11.6 Å². The molecule has 1 aromatic heterocycles. The van der Waals surface area contributed by atoms with E-state index >= 15 is 0 Å². The van der Waals surface area contributed by atoms with E-state index in [9.17, 15) is 14.9 Å². The molecule has 1 aromatic carbocycles. The smallest absolute Gasteiger partial charge is 0.270 e. The first kappa shape index (κ1) is 15.1. The van der Waals surface area contributed by atoms with E-state index in [2.05, 4.69) is 10.3 Å². The summed E-state index contributed by atoms with van der Waals surface area (Å²) in [6.45, 7) is 0.757. The van der Waals surface area contributed by atoms with E-state index in [0.29, 0.717) is 25.2 Å². The SMILES string of the molecule is NCc1nc(C(=O)NCCc2ccc([N+](=O)[O-])cc2)cs1. The zero-order chi connectivity index (χ0) is 15.2. The van der Waals surface area contributed by atoms with Gasteiger partial charge in [-0.15, -0.1) is 11.3 Å². The number of aromatic nitrogens is 1. The monoisotopic (exact) mass is 306 g/mol. The van der Waals surface area contributed by atoms with Gasteiger partial charge in [0, 0.05) is 30.6 Å². The Morgan fingerprint density at radius 2 is 2.10 bits per heavy atom. The maximum atomic E-state index is 11.8. The van der Waals surface area contributed by atoms with Crippen molar-refractivity contribution in [2.45, 2.75) is 13.0 Å². The van der Waals surface area contributed by atoms with Gasteiger partial charge in [-0.1, -0.05) is 12.1 Å². The molecule has 1 heterocycles. The highest BCUT2D eigenvalue weighted by Gasteiger charge is 2.09. The molecule has 0 bridgehead atoms. The molecule has 110 valence electrons. The van der Waals surface area contributed by atoms with Crippen molar-refractivity contribution in [1.82, 2.24) is 10.3 Å². The Balaban J connectivity index is 1.83. The fraction of sp³-hybridized carbons (Fsp3) is 0.231. The van der Waals surface area contributed by atoms with E-state index in [4.69, 9.17) is 5.73 Å². The standard InChI is InChI=1S/C13H14N4O3S/c14-7-12-16-11(8-21-12)13(18)15-6-5-9-1-3-10(4-2-9)17(19)20/h1-4,8H,5-7,14H2,(H,15,18). The van der Waals surface area contributed by atoms with Gasteiger partial charge in [0.15, 0.2) is 0 Å². The third-order valence-corrected chi connectivity index (χ3v) is 3.68. The van der Waals surface area contributed by atoms with Crippen molar-refractivity contribution in [3.05, 3.63) is 56.0 Å². The average molecular weight is 306 g/mol. The van der Waals surface area contributed by atoms with Gasteiger partial charge in [0.2, 0.25) is 0 Å². The molecule has 0 radical (unpaired) electrons. The van der Waals surface area contributed by atoms with Gasteiger partial charge in [0.1, 0.15) is 10.7 Å². The number of hydrogen-bond donors (Lipinski definition) is 2. The van der Waals surface area contributed by atoms with Crippen molar-refractivity contribution in [2.75, 3.05) is 6.54 Å². The lowest BCUT2D eigenvalue weighted by Crippen LogP contribution is -2.26. The summed E-state index contributed by atoms with van der Waals surface area (Å²) in [5.74, 6) is -0.243. The summed E-state index contributed by atoms with van der Waals surface area (Å²) in [4.78, 5) is 26.0. The summed E-state index contributed by atoms with van der Waals surface area (Å²) in [5, 5.41) is 15.7. The number of nitro benzene ring substituents is 1. The molecule has 2 aromatic rings. The molecule has 21 heavy (non-hydrogen) atoms. The van der Waals surface area contributed by atoms with Crippen LogP contribution in [0.15, 0.2) is 29.6 Å². The van der Waals surface area contributed by atoms with Gasteiger partial charge >= 0.3 is 0 Å². The van der Waals surface area contributed by atoms with E-state index in [1.54, 1.807) is 17.5 Å². The van der Waals surface area contributed by atoms with Crippen molar-refractivity contribution >= 4 is 22.9 Å². The minimum atomic E-state index is -0.442. The number of nitrogens with zero attached hydrogens (tertiary/aromatic N) is 2. The third kappa shape index (κ3) is 4.07. The number of amides is 1. The molecule has 0 spiro atoms. The van der Waals surface area contributed by atoms with Crippen molar-refractivity contribution in [3.63, 3.8) is 0 Å². The number of carbonyl (C=O) groups is 1. The summed E-state index contributed by atoms with van der Waals surface area (Å²) < 4.78 is 0. The number of benzene rings is 1. The van der Waals surface area contributed by atoms with E-state index in [1.165, 1.54) is 23.5 Å². The predicted octanol–water partition coefficient (Wildman–Crippen LogP) is 1.48. The molecule has 0 unspecified atom stereocenters. The zero-order valence-electron chi connectivity index (χ0n) is 11.1. The Morgan fingerprint density at radius 3 is 2.67 bits per heavy atom. The fourth-order valence-corrected chi connectivity index (χ4v) is 2.36. The third-order valence-electron chi connectivity index (χ3n) is 2.81. The van der Waals surface area contributed by atoms with Crippen LogP contribution in [0.3, 0.4) is 0 Å². The Hall–Kier alpha value is -2.32.